The maximum atomic E-state index is 11.9. The highest BCUT2D eigenvalue weighted by atomic mass is 32.2. The van der Waals surface area contributed by atoms with E-state index < -0.39 is 16.0 Å². The standard InChI is InChI=1S/C13H20N2O4S/c1-4-10(9-13(16)17)14-11-5-7-12(8-6-11)20(18,19)15(2)3/h5-8,10,14H,4,9H2,1-3H3,(H,16,17). The minimum Gasteiger partial charge on any atom is -0.481 e. The molecule has 0 aliphatic heterocycles. The number of aliphatic carboxylic acids is 1. The van der Waals surface area contributed by atoms with Gasteiger partial charge in [0, 0.05) is 25.8 Å². The zero-order valence-electron chi connectivity index (χ0n) is 11.8. The van der Waals surface area contributed by atoms with Gasteiger partial charge in [0.1, 0.15) is 0 Å². The van der Waals surface area contributed by atoms with E-state index in [0.717, 1.165) is 4.31 Å². The second-order valence-corrected chi connectivity index (χ2v) is 6.81. The SMILES string of the molecule is CCC(CC(=O)O)Nc1ccc(S(=O)(=O)N(C)C)cc1. The average molecular weight is 300 g/mol. The first-order valence-corrected chi connectivity index (χ1v) is 7.72. The number of nitrogens with zero attached hydrogens (tertiary/aromatic N) is 1. The molecule has 1 aromatic rings. The monoisotopic (exact) mass is 300 g/mol. The molecule has 0 saturated heterocycles. The predicted octanol–water partition coefficient (Wildman–Crippen LogP) is 1.60. The van der Waals surface area contributed by atoms with E-state index in [9.17, 15) is 13.2 Å². The molecule has 0 heterocycles. The lowest BCUT2D eigenvalue weighted by molar-refractivity contribution is -0.137. The highest BCUT2D eigenvalue weighted by Gasteiger charge is 2.17. The molecule has 0 bridgehead atoms. The largest absolute Gasteiger partial charge is 0.481 e. The van der Waals surface area contributed by atoms with Gasteiger partial charge in [-0.3, -0.25) is 4.79 Å². The van der Waals surface area contributed by atoms with Crippen LogP contribution in [0.15, 0.2) is 29.2 Å². The fraction of sp³-hybridized carbons (Fsp3) is 0.462. The summed E-state index contributed by atoms with van der Waals surface area (Å²) < 4.78 is 24.9. The highest BCUT2D eigenvalue weighted by Crippen LogP contribution is 2.18. The van der Waals surface area contributed by atoms with Crippen LogP contribution < -0.4 is 5.32 Å². The summed E-state index contributed by atoms with van der Waals surface area (Å²) in [5, 5.41) is 11.9. The summed E-state index contributed by atoms with van der Waals surface area (Å²) in [6.07, 6.45) is 0.693. The first-order valence-electron chi connectivity index (χ1n) is 6.28. The predicted molar refractivity (Wildman–Crippen MR) is 77.3 cm³/mol. The molecular weight excluding hydrogens is 280 g/mol. The lowest BCUT2D eigenvalue weighted by Crippen LogP contribution is -2.23. The summed E-state index contributed by atoms with van der Waals surface area (Å²) in [6, 6.07) is 6.11. The van der Waals surface area contributed by atoms with E-state index in [1.54, 1.807) is 12.1 Å². The molecule has 0 aliphatic rings. The number of carbonyl (C=O) groups is 1. The van der Waals surface area contributed by atoms with Crippen LogP contribution in [0.5, 0.6) is 0 Å². The van der Waals surface area contributed by atoms with Gasteiger partial charge in [0.05, 0.1) is 11.3 Å². The van der Waals surface area contributed by atoms with E-state index in [1.165, 1.54) is 26.2 Å². The van der Waals surface area contributed by atoms with Crippen molar-refractivity contribution in [2.75, 3.05) is 19.4 Å². The molecule has 1 unspecified atom stereocenters. The van der Waals surface area contributed by atoms with Crippen molar-refractivity contribution in [1.82, 2.24) is 4.31 Å². The highest BCUT2D eigenvalue weighted by molar-refractivity contribution is 7.89. The Balaban J connectivity index is 2.84. The smallest absolute Gasteiger partial charge is 0.305 e. The summed E-state index contributed by atoms with van der Waals surface area (Å²) in [4.78, 5) is 10.9. The molecule has 0 amide bonds. The van der Waals surface area contributed by atoms with Gasteiger partial charge < -0.3 is 10.4 Å². The number of rotatable bonds is 7. The van der Waals surface area contributed by atoms with Gasteiger partial charge in [0.2, 0.25) is 10.0 Å². The third-order valence-corrected chi connectivity index (χ3v) is 4.75. The van der Waals surface area contributed by atoms with Crippen LogP contribution in [0.25, 0.3) is 0 Å². The van der Waals surface area contributed by atoms with E-state index in [-0.39, 0.29) is 17.4 Å². The Morgan fingerprint density at radius 2 is 1.85 bits per heavy atom. The number of nitrogens with one attached hydrogen (secondary N) is 1. The fourth-order valence-electron chi connectivity index (χ4n) is 1.68. The second kappa shape index (κ2) is 6.71. The van der Waals surface area contributed by atoms with E-state index in [4.69, 9.17) is 5.11 Å². The average Bonchev–Trinajstić information content (AvgIpc) is 2.37. The lowest BCUT2D eigenvalue weighted by atomic mass is 10.1. The molecule has 1 atom stereocenters. The van der Waals surface area contributed by atoms with Crippen LogP contribution >= 0.6 is 0 Å². The summed E-state index contributed by atoms with van der Waals surface area (Å²) in [6.45, 7) is 1.89. The molecule has 20 heavy (non-hydrogen) atoms. The molecule has 7 heteroatoms. The number of carboxylic acids is 1. The van der Waals surface area contributed by atoms with Gasteiger partial charge in [-0.15, -0.1) is 0 Å². The lowest BCUT2D eigenvalue weighted by Gasteiger charge is -2.17. The maximum Gasteiger partial charge on any atom is 0.305 e. The van der Waals surface area contributed by atoms with Gasteiger partial charge in [0.15, 0.2) is 0 Å². The Kier molecular flexibility index (Phi) is 5.52. The molecule has 0 spiro atoms. The summed E-state index contributed by atoms with van der Waals surface area (Å²) in [7, 11) is -0.488. The van der Waals surface area contributed by atoms with Crippen LogP contribution in [-0.4, -0.2) is 43.9 Å². The summed E-state index contributed by atoms with van der Waals surface area (Å²) in [5.74, 6) is -0.865. The Morgan fingerprint density at radius 3 is 2.25 bits per heavy atom. The van der Waals surface area contributed by atoms with Gasteiger partial charge in [-0.2, -0.15) is 0 Å². The van der Waals surface area contributed by atoms with Crippen molar-refractivity contribution in [2.24, 2.45) is 0 Å². The van der Waals surface area contributed by atoms with Crippen molar-refractivity contribution in [3.8, 4) is 0 Å². The van der Waals surface area contributed by atoms with Gasteiger partial charge in [-0.1, -0.05) is 6.92 Å². The van der Waals surface area contributed by atoms with Crippen molar-refractivity contribution in [2.45, 2.75) is 30.7 Å². The number of hydrogen-bond donors (Lipinski definition) is 2. The van der Waals surface area contributed by atoms with Gasteiger partial charge in [-0.25, -0.2) is 12.7 Å². The molecule has 2 N–H and O–H groups in total. The van der Waals surface area contributed by atoms with Gasteiger partial charge >= 0.3 is 5.97 Å². The van der Waals surface area contributed by atoms with Gasteiger partial charge in [-0.05, 0) is 30.7 Å². The molecule has 0 radical (unpaired) electrons. The van der Waals surface area contributed by atoms with Crippen LogP contribution in [0, 0.1) is 0 Å². The van der Waals surface area contributed by atoms with Crippen molar-refractivity contribution in [1.29, 1.82) is 0 Å². The molecule has 0 fully saturated rings. The van der Waals surface area contributed by atoms with E-state index >= 15 is 0 Å². The first-order chi connectivity index (χ1) is 9.27. The summed E-state index contributed by atoms with van der Waals surface area (Å²) >= 11 is 0. The minimum absolute atomic E-state index is 0.0221. The van der Waals surface area contributed by atoms with Crippen molar-refractivity contribution in [3.05, 3.63) is 24.3 Å². The van der Waals surface area contributed by atoms with Crippen molar-refractivity contribution >= 4 is 21.7 Å². The van der Waals surface area contributed by atoms with Crippen LogP contribution in [0.4, 0.5) is 5.69 Å². The summed E-state index contributed by atoms with van der Waals surface area (Å²) in [5.41, 5.74) is 0.704. The zero-order chi connectivity index (χ0) is 15.3. The third kappa shape index (κ3) is 4.21. The third-order valence-electron chi connectivity index (χ3n) is 2.92. The number of anilines is 1. The molecule has 1 rings (SSSR count). The van der Waals surface area contributed by atoms with Gasteiger partial charge in [0.25, 0.3) is 0 Å². The second-order valence-electron chi connectivity index (χ2n) is 4.66. The Hall–Kier alpha value is -1.60. The molecule has 0 saturated carbocycles. The van der Waals surface area contributed by atoms with Crippen LogP contribution in [0.1, 0.15) is 19.8 Å². The zero-order valence-corrected chi connectivity index (χ0v) is 12.6. The molecule has 6 nitrogen and oxygen atoms in total. The van der Waals surface area contributed by atoms with E-state index in [1.807, 2.05) is 6.92 Å². The number of benzene rings is 1. The Bertz CT molecular complexity index is 552. The van der Waals surface area contributed by atoms with Crippen LogP contribution in [0.2, 0.25) is 0 Å². The number of hydrogen-bond acceptors (Lipinski definition) is 4. The topological polar surface area (TPSA) is 86.7 Å². The van der Waals surface area contributed by atoms with Crippen LogP contribution in [0.3, 0.4) is 0 Å². The maximum absolute atomic E-state index is 11.9. The van der Waals surface area contributed by atoms with Crippen molar-refractivity contribution < 1.29 is 18.3 Å². The van der Waals surface area contributed by atoms with Crippen molar-refractivity contribution in [3.63, 3.8) is 0 Å². The Morgan fingerprint density at radius 1 is 1.30 bits per heavy atom. The van der Waals surface area contributed by atoms with E-state index in [2.05, 4.69) is 5.32 Å². The number of sulfonamides is 1. The quantitative estimate of drug-likeness (QED) is 0.798. The van der Waals surface area contributed by atoms with E-state index in [0.29, 0.717) is 12.1 Å². The molecular formula is C13H20N2O4S. The molecule has 1 aromatic carbocycles. The van der Waals surface area contributed by atoms with Crippen LogP contribution in [-0.2, 0) is 14.8 Å². The molecule has 0 aromatic heterocycles. The fourth-order valence-corrected chi connectivity index (χ4v) is 2.58. The molecule has 112 valence electrons. The normalized spacial score (nSPS) is 13.2. The molecule has 0 aliphatic carbocycles. The first kappa shape index (κ1) is 16.5. The minimum atomic E-state index is -3.44. The Labute approximate surface area is 119 Å². The number of carboxylic acid groups (broad SMARTS) is 1.